The number of carbonyl (C=O) groups excluding carboxylic acids is 1. The molecule has 1 aromatic carbocycles. The Balaban J connectivity index is 1.80. The van der Waals surface area contributed by atoms with Gasteiger partial charge in [0.05, 0.1) is 10.3 Å². The number of aliphatic imine (C=N–C) groups is 1. The third-order valence-corrected chi connectivity index (χ3v) is 6.50. The van der Waals surface area contributed by atoms with Crippen LogP contribution in [0.15, 0.2) is 46.4 Å². The average molecular weight is 417 g/mol. The van der Waals surface area contributed by atoms with E-state index in [0.29, 0.717) is 36.8 Å². The molecule has 1 aromatic heterocycles. The van der Waals surface area contributed by atoms with Crippen LogP contribution in [0.2, 0.25) is 0 Å². The Morgan fingerprint density at radius 2 is 2.00 bits per heavy atom. The molecule has 3 rings (SSSR count). The second-order valence-electron chi connectivity index (χ2n) is 6.70. The number of rotatable bonds is 7. The minimum atomic E-state index is -3.49. The van der Waals surface area contributed by atoms with Gasteiger partial charge in [0.2, 0.25) is 21.9 Å². The molecule has 0 unspecified atom stereocenters. The average Bonchev–Trinajstić information content (AvgIpc) is 3.05. The molecule has 2 heterocycles. The minimum Gasteiger partial charge on any atom is -0.324 e. The fourth-order valence-electron chi connectivity index (χ4n) is 3.32. The lowest BCUT2D eigenvalue weighted by Gasteiger charge is -2.22. The maximum absolute atomic E-state index is 13.0. The number of hydrogen-bond acceptors (Lipinski definition) is 7. The second kappa shape index (κ2) is 8.26. The quantitative estimate of drug-likeness (QED) is 0.667. The molecular weight excluding hydrogens is 392 g/mol. The van der Waals surface area contributed by atoms with Gasteiger partial charge in [-0.25, -0.2) is 18.1 Å². The smallest absolute Gasteiger partial charge is 0.240 e. The number of nitrogens with zero attached hydrogens (tertiary/aromatic N) is 4. The number of carbonyl (C=O) groups is 1. The van der Waals surface area contributed by atoms with Crippen LogP contribution in [0, 0.1) is 5.41 Å². The molecule has 1 fully saturated rings. The number of nitrogens with one attached hydrogen (secondary N) is 2. The van der Waals surface area contributed by atoms with Crippen LogP contribution in [0.25, 0.3) is 0 Å². The number of amides is 1. The Hall–Kier alpha value is -2.85. The predicted molar refractivity (Wildman–Crippen MR) is 112 cm³/mol. The summed E-state index contributed by atoms with van der Waals surface area (Å²) in [4.78, 5) is 27.5. The van der Waals surface area contributed by atoms with Gasteiger partial charge in [-0.15, -0.1) is 0 Å². The summed E-state index contributed by atoms with van der Waals surface area (Å²) in [6.07, 6.45) is 4.68. The molecule has 0 aliphatic carbocycles. The van der Waals surface area contributed by atoms with Crippen molar-refractivity contribution in [2.24, 2.45) is 10.4 Å². The first-order chi connectivity index (χ1) is 13.8. The van der Waals surface area contributed by atoms with Crippen LogP contribution in [-0.2, 0) is 14.8 Å². The summed E-state index contributed by atoms with van der Waals surface area (Å²) in [7, 11) is -0.459. The molecule has 1 aliphatic heterocycles. The molecule has 0 bridgehead atoms. The Morgan fingerprint density at radius 3 is 2.62 bits per heavy atom. The zero-order valence-corrected chi connectivity index (χ0v) is 17.4. The van der Waals surface area contributed by atoms with E-state index in [-0.39, 0.29) is 10.8 Å². The van der Waals surface area contributed by atoms with Crippen molar-refractivity contribution in [3.05, 3.63) is 36.5 Å². The summed E-state index contributed by atoms with van der Waals surface area (Å²) in [6, 6.07) is 7.92. The van der Waals surface area contributed by atoms with Gasteiger partial charge in [0.1, 0.15) is 5.82 Å². The van der Waals surface area contributed by atoms with Crippen molar-refractivity contribution in [1.82, 2.24) is 14.7 Å². The first-order valence-corrected chi connectivity index (χ1v) is 10.7. The van der Waals surface area contributed by atoms with Gasteiger partial charge in [0.25, 0.3) is 0 Å². The third kappa shape index (κ3) is 4.13. The number of benzene rings is 1. The van der Waals surface area contributed by atoms with E-state index in [9.17, 15) is 13.2 Å². The lowest BCUT2D eigenvalue weighted by molar-refractivity contribution is -0.122. The standard InChI is InChI=1S/C19H24N6O3S/c1-4-19(13-20-2)10-12-25(17(19)26)16-9-11-22-18(24-16)23-14-5-7-15(8-6-14)29(27,28)21-3/h5-9,11,13,21H,4,10,12H2,1-3H3,(H,22,23,24)/t19-/m1/s1. The molecule has 9 nitrogen and oxygen atoms in total. The summed E-state index contributed by atoms with van der Waals surface area (Å²) in [5.74, 6) is 0.816. The zero-order valence-electron chi connectivity index (χ0n) is 16.6. The van der Waals surface area contributed by atoms with Crippen molar-refractivity contribution >= 4 is 39.6 Å². The predicted octanol–water partition coefficient (Wildman–Crippen LogP) is 1.96. The molecule has 2 N–H and O–H groups in total. The summed E-state index contributed by atoms with van der Waals surface area (Å²) in [5, 5.41) is 3.04. The minimum absolute atomic E-state index is 0.0168. The second-order valence-corrected chi connectivity index (χ2v) is 8.59. The van der Waals surface area contributed by atoms with Crippen LogP contribution in [0.1, 0.15) is 19.8 Å². The third-order valence-electron chi connectivity index (χ3n) is 5.07. The van der Waals surface area contributed by atoms with E-state index in [1.807, 2.05) is 6.92 Å². The van der Waals surface area contributed by atoms with Crippen LogP contribution >= 0.6 is 0 Å². The molecule has 1 saturated heterocycles. The zero-order chi connectivity index (χ0) is 21.1. The molecule has 1 aliphatic rings. The maximum atomic E-state index is 13.0. The Bertz CT molecular complexity index is 1020. The highest BCUT2D eigenvalue weighted by molar-refractivity contribution is 7.89. The van der Waals surface area contributed by atoms with E-state index in [1.54, 1.807) is 42.6 Å². The highest BCUT2D eigenvalue weighted by atomic mass is 32.2. The Kier molecular flexibility index (Phi) is 5.94. The molecule has 2 aromatic rings. The van der Waals surface area contributed by atoms with Crippen molar-refractivity contribution in [1.29, 1.82) is 0 Å². The maximum Gasteiger partial charge on any atom is 0.240 e. The van der Waals surface area contributed by atoms with Gasteiger partial charge in [-0.2, -0.15) is 4.98 Å². The van der Waals surface area contributed by atoms with Crippen LogP contribution in [0.5, 0.6) is 0 Å². The fourth-order valence-corrected chi connectivity index (χ4v) is 4.05. The summed E-state index contributed by atoms with van der Waals surface area (Å²) < 4.78 is 25.9. The summed E-state index contributed by atoms with van der Waals surface area (Å²) in [6.45, 7) is 2.54. The summed E-state index contributed by atoms with van der Waals surface area (Å²) in [5.41, 5.74) is 0.0491. The van der Waals surface area contributed by atoms with Crippen LogP contribution in [0.4, 0.5) is 17.5 Å². The molecular formula is C19H24N6O3S. The van der Waals surface area contributed by atoms with Crippen LogP contribution in [-0.4, -0.2) is 51.1 Å². The lowest BCUT2D eigenvalue weighted by Crippen LogP contribution is -2.35. The topological polar surface area (TPSA) is 117 Å². The van der Waals surface area contributed by atoms with E-state index >= 15 is 0 Å². The Labute approximate surface area is 170 Å². The SMILES string of the molecule is CC[C@]1(C=NC)CCN(c2ccnc(Nc3ccc(S(=O)(=O)NC)cc3)n2)C1=O. The monoisotopic (exact) mass is 416 g/mol. The first-order valence-electron chi connectivity index (χ1n) is 9.24. The van der Waals surface area contributed by atoms with Gasteiger partial charge in [0.15, 0.2) is 0 Å². The molecule has 10 heteroatoms. The van der Waals surface area contributed by atoms with Gasteiger partial charge in [-0.05, 0) is 50.2 Å². The van der Waals surface area contributed by atoms with Crippen molar-refractivity contribution in [3.8, 4) is 0 Å². The van der Waals surface area contributed by atoms with Crippen LogP contribution < -0.4 is 14.9 Å². The number of aromatic nitrogens is 2. The van der Waals surface area contributed by atoms with E-state index in [4.69, 9.17) is 0 Å². The van der Waals surface area contributed by atoms with Crippen molar-refractivity contribution < 1.29 is 13.2 Å². The van der Waals surface area contributed by atoms with E-state index in [1.165, 1.54) is 19.2 Å². The summed E-state index contributed by atoms with van der Waals surface area (Å²) >= 11 is 0. The molecule has 1 atom stereocenters. The van der Waals surface area contributed by atoms with Crippen molar-refractivity contribution in [3.63, 3.8) is 0 Å². The lowest BCUT2D eigenvalue weighted by atomic mass is 9.85. The normalized spacial score (nSPS) is 19.8. The van der Waals surface area contributed by atoms with E-state index < -0.39 is 15.4 Å². The molecule has 0 saturated carbocycles. The van der Waals surface area contributed by atoms with Crippen LogP contribution in [0.3, 0.4) is 0 Å². The highest BCUT2D eigenvalue weighted by Gasteiger charge is 2.45. The molecule has 0 spiro atoms. The van der Waals surface area contributed by atoms with Gasteiger partial charge in [-0.1, -0.05) is 6.92 Å². The van der Waals surface area contributed by atoms with E-state index in [0.717, 1.165) is 0 Å². The van der Waals surface area contributed by atoms with Gasteiger partial charge >= 0.3 is 0 Å². The first kappa shape index (κ1) is 20.9. The highest BCUT2D eigenvalue weighted by Crippen LogP contribution is 2.36. The number of anilines is 3. The van der Waals surface area contributed by atoms with Crippen molar-refractivity contribution in [2.75, 3.05) is 30.9 Å². The largest absolute Gasteiger partial charge is 0.324 e. The molecule has 154 valence electrons. The number of sulfonamides is 1. The van der Waals surface area contributed by atoms with Gasteiger partial charge < -0.3 is 5.32 Å². The van der Waals surface area contributed by atoms with Gasteiger partial charge in [-0.3, -0.25) is 14.7 Å². The van der Waals surface area contributed by atoms with E-state index in [2.05, 4.69) is 25.0 Å². The number of hydrogen-bond donors (Lipinski definition) is 2. The molecule has 1 amide bonds. The Morgan fingerprint density at radius 1 is 1.28 bits per heavy atom. The molecule has 29 heavy (non-hydrogen) atoms. The molecule has 0 radical (unpaired) electrons. The van der Waals surface area contributed by atoms with Crippen molar-refractivity contribution in [2.45, 2.75) is 24.7 Å². The van der Waals surface area contributed by atoms with Gasteiger partial charge in [0, 0.05) is 31.7 Å². The fraction of sp³-hybridized carbons (Fsp3) is 0.368.